The lowest BCUT2D eigenvalue weighted by atomic mass is 10.0. The van der Waals surface area contributed by atoms with Gasteiger partial charge in [0.15, 0.2) is 0 Å². The minimum atomic E-state index is -0.671. The molecule has 0 bridgehead atoms. The number of hydrogen-bond acceptors (Lipinski definition) is 2. The highest BCUT2D eigenvalue weighted by Gasteiger charge is 2.14. The average molecular weight is 274 g/mol. The molecule has 20 heavy (non-hydrogen) atoms. The van der Waals surface area contributed by atoms with E-state index < -0.39 is 6.10 Å². The van der Waals surface area contributed by atoms with Gasteiger partial charge in [-0.15, -0.1) is 0 Å². The Balaban J connectivity index is 2.16. The van der Waals surface area contributed by atoms with Crippen LogP contribution in [0.4, 0.5) is 4.39 Å². The number of benzene rings is 2. The van der Waals surface area contributed by atoms with E-state index in [4.69, 9.17) is 4.74 Å². The summed E-state index contributed by atoms with van der Waals surface area (Å²) in [6.45, 7) is 3.90. The van der Waals surface area contributed by atoms with Crippen molar-refractivity contribution in [3.63, 3.8) is 0 Å². The first-order chi connectivity index (χ1) is 9.56. The van der Waals surface area contributed by atoms with Crippen LogP contribution in [0.15, 0.2) is 48.5 Å². The van der Waals surface area contributed by atoms with Crippen molar-refractivity contribution in [3.05, 3.63) is 65.5 Å². The number of aliphatic hydroxyl groups excluding tert-OH is 1. The van der Waals surface area contributed by atoms with Crippen LogP contribution in [0.1, 0.15) is 31.1 Å². The molecule has 2 aromatic rings. The molecule has 0 saturated carbocycles. The van der Waals surface area contributed by atoms with Gasteiger partial charge >= 0.3 is 0 Å². The van der Waals surface area contributed by atoms with Crippen molar-refractivity contribution in [1.82, 2.24) is 0 Å². The summed E-state index contributed by atoms with van der Waals surface area (Å²) in [6.07, 6.45) is -0.191. The molecule has 0 aromatic heterocycles. The number of hydrogen-bond donors (Lipinski definition) is 1. The minimum absolute atomic E-state index is 0.0502. The van der Waals surface area contributed by atoms with Gasteiger partial charge in [0.25, 0.3) is 0 Å². The second-order valence-electron chi connectivity index (χ2n) is 5.05. The fourth-order valence-electron chi connectivity index (χ4n) is 2.07. The molecule has 0 aliphatic rings. The monoisotopic (exact) mass is 274 g/mol. The number of ether oxygens (including phenoxy) is 1. The first-order valence-corrected chi connectivity index (χ1v) is 6.74. The maximum atomic E-state index is 12.9. The van der Waals surface area contributed by atoms with E-state index in [0.717, 1.165) is 11.1 Å². The van der Waals surface area contributed by atoms with E-state index in [1.165, 1.54) is 12.1 Å². The van der Waals surface area contributed by atoms with Crippen LogP contribution in [0, 0.1) is 5.82 Å². The quantitative estimate of drug-likeness (QED) is 0.896. The van der Waals surface area contributed by atoms with Crippen molar-refractivity contribution >= 4 is 0 Å². The van der Waals surface area contributed by atoms with Gasteiger partial charge < -0.3 is 9.84 Å². The molecule has 106 valence electrons. The minimum Gasteiger partial charge on any atom is -0.491 e. The first-order valence-electron chi connectivity index (χ1n) is 6.74. The van der Waals surface area contributed by atoms with E-state index in [1.54, 1.807) is 12.1 Å². The predicted octanol–water partition coefficient (Wildman–Crippen LogP) is 3.89. The summed E-state index contributed by atoms with van der Waals surface area (Å²) in [5.74, 6) is 0.420. The van der Waals surface area contributed by atoms with E-state index >= 15 is 0 Å². The molecule has 0 aliphatic carbocycles. The molecule has 0 spiro atoms. The van der Waals surface area contributed by atoms with Crippen LogP contribution in [0.3, 0.4) is 0 Å². The lowest BCUT2D eigenvalue weighted by Crippen LogP contribution is -2.10. The topological polar surface area (TPSA) is 29.5 Å². The fraction of sp³-hybridized carbons (Fsp3) is 0.294. The summed E-state index contributed by atoms with van der Waals surface area (Å²) in [5, 5.41) is 10.4. The smallest absolute Gasteiger partial charge is 0.125 e. The zero-order chi connectivity index (χ0) is 14.5. The van der Waals surface area contributed by atoms with Gasteiger partial charge in [-0.1, -0.05) is 30.3 Å². The van der Waals surface area contributed by atoms with Gasteiger partial charge in [0, 0.05) is 12.0 Å². The molecule has 2 rings (SSSR count). The van der Waals surface area contributed by atoms with E-state index in [0.29, 0.717) is 12.2 Å². The molecular weight excluding hydrogens is 255 g/mol. The molecule has 3 heteroatoms. The van der Waals surface area contributed by atoms with E-state index in [1.807, 2.05) is 38.1 Å². The van der Waals surface area contributed by atoms with Gasteiger partial charge in [0.05, 0.1) is 12.2 Å². The highest BCUT2D eigenvalue weighted by molar-refractivity contribution is 5.36. The van der Waals surface area contributed by atoms with Gasteiger partial charge in [-0.05, 0) is 37.6 Å². The summed E-state index contributed by atoms with van der Waals surface area (Å²) < 4.78 is 18.6. The molecule has 2 nitrogen and oxygen atoms in total. The fourth-order valence-corrected chi connectivity index (χ4v) is 2.07. The zero-order valence-corrected chi connectivity index (χ0v) is 11.7. The third kappa shape index (κ3) is 3.81. The lowest BCUT2D eigenvalue weighted by Gasteiger charge is -2.18. The summed E-state index contributed by atoms with van der Waals surface area (Å²) in [5.41, 5.74) is 1.64. The predicted molar refractivity (Wildman–Crippen MR) is 77.3 cm³/mol. The van der Waals surface area contributed by atoms with Crippen LogP contribution in [0.5, 0.6) is 5.75 Å². The second-order valence-corrected chi connectivity index (χ2v) is 5.05. The van der Waals surface area contributed by atoms with Crippen molar-refractivity contribution in [2.24, 2.45) is 0 Å². The molecule has 0 amide bonds. The van der Waals surface area contributed by atoms with Gasteiger partial charge in [-0.2, -0.15) is 0 Å². The molecule has 0 aliphatic heterocycles. The summed E-state index contributed by atoms with van der Waals surface area (Å²) in [4.78, 5) is 0. The van der Waals surface area contributed by atoms with E-state index in [9.17, 15) is 9.50 Å². The van der Waals surface area contributed by atoms with Gasteiger partial charge in [-0.25, -0.2) is 4.39 Å². The number of halogens is 1. The number of para-hydroxylation sites is 1. The third-order valence-corrected chi connectivity index (χ3v) is 2.98. The molecule has 0 fully saturated rings. The standard InChI is InChI=1S/C17H19FO2/c1-12(2)20-17-6-4-3-5-15(17)16(19)11-13-7-9-14(18)10-8-13/h3-10,12,16,19H,11H2,1-2H3. The zero-order valence-electron chi connectivity index (χ0n) is 11.7. The van der Waals surface area contributed by atoms with Crippen LogP contribution in [0.2, 0.25) is 0 Å². The molecule has 0 saturated heterocycles. The molecule has 1 unspecified atom stereocenters. The van der Waals surface area contributed by atoms with Crippen molar-refractivity contribution in [2.75, 3.05) is 0 Å². The van der Waals surface area contributed by atoms with Crippen LogP contribution < -0.4 is 4.74 Å². The summed E-state index contributed by atoms with van der Waals surface area (Å²) in [6, 6.07) is 13.6. The van der Waals surface area contributed by atoms with Crippen LogP contribution >= 0.6 is 0 Å². The SMILES string of the molecule is CC(C)Oc1ccccc1C(O)Cc1ccc(F)cc1. The van der Waals surface area contributed by atoms with Crippen LogP contribution in [-0.4, -0.2) is 11.2 Å². The Morgan fingerprint density at radius 1 is 1.05 bits per heavy atom. The number of aliphatic hydroxyl groups is 1. The Labute approximate surface area is 118 Å². The maximum absolute atomic E-state index is 12.9. The first kappa shape index (κ1) is 14.5. The molecule has 2 aromatic carbocycles. The Morgan fingerprint density at radius 3 is 2.35 bits per heavy atom. The second kappa shape index (κ2) is 6.53. The molecule has 1 atom stereocenters. The summed E-state index contributed by atoms with van der Waals surface area (Å²) >= 11 is 0. The Bertz CT molecular complexity index is 549. The van der Waals surface area contributed by atoms with Gasteiger partial charge in [-0.3, -0.25) is 0 Å². The van der Waals surface area contributed by atoms with Crippen molar-refractivity contribution < 1.29 is 14.2 Å². The molecule has 0 heterocycles. The van der Waals surface area contributed by atoms with E-state index in [2.05, 4.69) is 0 Å². The van der Waals surface area contributed by atoms with Gasteiger partial charge in [0.1, 0.15) is 11.6 Å². The molecule has 0 radical (unpaired) electrons. The highest BCUT2D eigenvalue weighted by Crippen LogP contribution is 2.28. The Hall–Kier alpha value is -1.87. The van der Waals surface area contributed by atoms with Crippen LogP contribution in [0.25, 0.3) is 0 Å². The number of rotatable bonds is 5. The van der Waals surface area contributed by atoms with Crippen molar-refractivity contribution in [2.45, 2.75) is 32.5 Å². The maximum Gasteiger partial charge on any atom is 0.125 e. The van der Waals surface area contributed by atoms with Crippen LogP contribution in [-0.2, 0) is 6.42 Å². The highest BCUT2D eigenvalue weighted by atomic mass is 19.1. The largest absolute Gasteiger partial charge is 0.491 e. The van der Waals surface area contributed by atoms with Crippen molar-refractivity contribution in [1.29, 1.82) is 0 Å². The normalized spacial score (nSPS) is 12.4. The lowest BCUT2D eigenvalue weighted by molar-refractivity contribution is 0.166. The van der Waals surface area contributed by atoms with Crippen molar-refractivity contribution in [3.8, 4) is 5.75 Å². The summed E-state index contributed by atoms with van der Waals surface area (Å²) in [7, 11) is 0. The molecule has 1 N–H and O–H groups in total. The van der Waals surface area contributed by atoms with Gasteiger partial charge in [0.2, 0.25) is 0 Å². The van der Waals surface area contributed by atoms with E-state index in [-0.39, 0.29) is 11.9 Å². The molecular formula is C17H19FO2. The third-order valence-electron chi connectivity index (χ3n) is 2.98. The Kier molecular flexibility index (Phi) is 4.74. The Morgan fingerprint density at radius 2 is 1.70 bits per heavy atom. The average Bonchev–Trinajstić information content (AvgIpc) is 2.41.